The summed E-state index contributed by atoms with van der Waals surface area (Å²) in [6.45, 7) is 7.30. The predicted octanol–water partition coefficient (Wildman–Crippen LogP) is 8.40. The number of nitrogens with one attached hydrogen (secondary N) is 4. The summed E-state index contributed by atoms with van der Waals surface area (Å²) in [5, 5.41) is 23.9. The number of benzene rings is 4. The third kappa shape index (κ3) is 8.21. The van der Waals surface area contributed by atoms with E-state index in [9.17, 15) is 29.4 Å². The number of hydrogen-bond donors (Lipinski definition) is 6. The molecule has 6 aromatic rings. The molecule has 4 heterocycles. The van der Waals surface area contributed by atoms with Crippen LogP contribution in [0.25, 0.3) is 33.6 Å². The molecule has 2 fully saturated rings. The Morgan fingerprint density at radius 1 is 0.639 bits per heavy atom. The molecule has 0 spiro atoms. The fourth-order valence-electron chi connectivity index (χ4n) is 8.99. The molecule has 14 nitrogen and oxygen atoms in total. The van der Waals surface area contributed by atoms with Crippen LogP contribution in [0, 0.1) is 20.8 Å². The summed E-state index contributed by atoms with van der Waals surface area (Å²) in [4.78, 5) is 70.9. The van der Waals surface area contributed by atoms with Crippen molar-refractivity contribution in [1.82, 2.24) is 40.4 Å². The van der Waals surface area contributed by atoms with E-state index >= 15 is 0 Å². The Morgan fingerprint density at radius 2 is 1.10 bits per heavy atom. The highest BCUT2D eigenvalue weighted by atomic mass is 16.4. The lowest BCUT2D eigenvalue weighted by molar-refractivity contribution is -0.135. The number of carboxylic acid groups (broad SMARTS) is 2. The van der Waals surface area contributed by atoms with Crippen molar-refractivity contribution in [3.63, 3.8) is 0 Å². The number of nitrogens with zero attached hydrogens (tertiary/aromatic N) is 4. The van der Waals surface area contributed by atoms with Gasteiger partial charge in [-0.25, -0.2) is 19.6 Å². The minimum atomic E-state index is -1.26. The van der Waals surface area contributed by atoms with Crippen molar-refractivity contribution in [3.8, 4) is 33.6 Å². The van der Waals surface area contributed by atoms with Crippen LogP contribution in [0.2, 0.25) is 0 Å². The molecule has 14 heteroatoms. The molecule has 6 N–H and O–H groups in total. The third-order valence-corrected chi connectivity index (χ3v) is 12.1. The molecule has 2 aliphatic rings. The van der Waals surface area contributed by atoms with E-state index in [0.717, 1.165) is 63.2 Å². The molecule has 0 saturated carbocycles. The number of amides is 4. The molecule has 0 aliphatic carbocycles. The van der Waals surface area contributed by atoms with Crippen molar-refractivity contribution in [3.05, 3.63) is 143 Å². The Kier molecular flexibility index (Phi) is 11.4. The highest BCUT2D eigenvalue weighted by Crippen LogP contribution is 2.39. The third-order valence-electron chi connectivity index (χ3n) is 12.1. The standard InChI is InChI=1S/C47H48N8O6/c1-27-24-34(28(2)29(3)39(27)36-26-49-43(51-36)38-17-11-23-55(38)45(57)41(53-47(60)61)33-14-8-5-9-15-33)30-18-20-31(21-19-30)35-25-48-42(50-35)37-16-10-22-54(37)44(56)40(52-46(58)59)32-12-6-4-7-13-32/h4-9,12-15,18-21,24-26,37-38,40-41,52-53H,10-11,16-17,22-23H2,1-3H3,(H,48,50)(H,49,51)(H,58,59)(H,60,61)/t37?,38-,40?,41+/m0/s1. The van der Waals surface area contributed by atoms with Gasteiger partial charge in [0.1, 0.15) is 23.7 Å². The van der Waals surface area contributed by atoms with Crippen LogP contribution in [-0.4, -0.2) is 77.0 Å². The number of aryl methyl sites for hydroxylation is 1. The van der Waals surface area contributed by atoms with Crippen LogP contribution in [-0.2, 0) is 9.59 Å². The van der Waals surface area contributed by atoms with Crippen LogP contribution >= 0.6 is 0 Å². The number of rotatable bonds is 11. The maximum Gasteiger partial charge on any atom is 0.405 e. The fraction of sp³-hybridized carbons (Fsp3) is 0.277. The molecule has 0 radical (unpaired) electrons. The lowest BCUT2D eigenvalue weighted by Crippen LogP contribution is -2.42. The predicted molar refractivity (Wildman–Crippen MR) is 229 cm³/mol. The number of imidazole rings is 2. The summed E-state index contributed by atoms with van der Waals surface area (Å²) in [6.07, 6.45) is 4.03. The summed E-state index contributed by atoms with van der Waals surface area (Å²) >= 11 is 0. The van der Waals surface area contributed by atoms with Crippen LogP contribution in [0.3, 0.4) is 0 Å². The number of carbonyl (C=O) groups excluding carboxylic acids is 2. The fourth-order valence-corrected chi connectivity index (χ4v) is 8.99. The Labute approximate surface area is 353 Å². The van der Waals surface area contributed by atoms with E-state index in [1.54, 1.807) is 64.5 Å². The molecule has 2 aliphatic heterocycles. The zero-order valence-corrected chi connectivity index (χ0v) is 34.2. The van der Waals surface area contributed by atoms with E-state index in [2.05, 4.69) is 76.7 Å². The minimum absolute atomic E-state index is 0.308. The number of likely N-dealkylation sites (tertiary alicyclic amines) is 2. The van der Waals surface area contributed by atoms with E-state index in [0.29, 0.717) is 48.7 Å². The van der Waals surface area contributed by atoms with Gasteiger partial charge in [0.25, 0.3) is 11.8 Å². The second-order valence-corrected chi connectivity index (χ2v) is 15.8. The van der Waals surface area contributed by atoms with Gasteiger partial charge in [0.05, 0.1) is 35.9 Å². The van der Waals surface area contributed by atoms with E-state index in [4.69, 9.17) is 4.98 Å². The maximum absolute atomic E-state index is 13.9. The highest BCUT2D eigenvalue weighted by Gasteiger charge is 2.38. The Balaban J connectivity index is 0.986. The molecular formula is C47H48N8O6. The normalized spacial score (nSPS) is 17.2. The average molecular weight is 821 g/mol. The van der Waals surface area contributed by atoms with Gasteiger partial charge >= 0.3 is 12.2 Å². The molecule has 0 bridgehead atoms. The smallest absolute Gasteiger partial charge is 0.405 e. The van der Waals surface area contributed by atoms with Crippen LogP contribution in [0.15, 0.2) is 103 Å². The van der Waals surface area contributed by atoms with Crippen molar-refractivity contribution < 1.29 is 29.4 Å². The quantitative estimate of drug-likeness (QED) is 0.0749. The molecule has 312 valence electrons. The molecule has 2 aromatic heterocycles. The number of aromatic nitrogens is 4. The summed E-state index contributed by atoms with van der Waals surface area (Å²) in [5.74, 6) is 0.707. The van der Waals surface area contributed by atoms with Crippen molar-refractivity contribution in [2.45, 2.75) is 70.6 Å². The lowest BCUT2D eigenvalue weighted by atomic mass is 9.89. The number of carbonyl (C=O) groups is 4. The van der Waals surface area contributed by atoms with Crippen molar-refractivity contribution in [1.29, 1.82) is 0 Å². The largest absolute Gasteiger partial charge is 0.465 e. The van der Waals surface area contributed by atoms with Crippen LogP contribution < -0.4 is 10.6 Å². The molecule has 4 aromatic carbocycles. The summed E-state index contributed by atoms with van der Waals surface area (Å²) in [7, 11) is 0. The Hall–Kier alpha value is -7.22. The Morgan fingerprint density at radius 3 is 1.59 bits per heavy atom. The van der Waals surface area contributed by atoms with Gasteiger partial charge in [0.2, 0.25) is 0 Å². The maximum atomic E-state index is 13.9. The molecular weight excluding hydrogens is 773 g/mol. The van der Waals surface area contributed by atoms with Crippen LogP contribution in [0.4, 0.5) is 9.59 Å². The number of hydrogen-bond acceptors (Lipinski definition) is 6. The van der Waals surface area contributed by atoms with Gasteiger partial charge in [-0.05, 0) is 91.0 Å². The van der Waals surface area contributed by atoms with Crippen molar-refractivity contribution in [2.24, 2.45) is 0 Å². The van der Waals surface area contributed by atoms with Crippen LogP contribution in [0.1, 0.15) is 89.3 Å². The lowest BCUT2D eigenvalue weighted by Gasteiger charge is -2.28. The Bertz CT molecular complexity index is 2570. The van der Waals surface area contributed by atoms with Gasteiger partial charge in [0, 0.05) is 18.7 Å². The summed E-state index contributed by atoms with van der Waals surface area (Å²) in [5.41, 5.74) is 10.3. The first-order valence-electron chi connectivity index (χ1n) is 20.5. The molecule has 2 unspecified atom stereocenters. The number of H-pyrrole nitrogens is 2. The second-order valence-electron chi connectivity index (χ2n) is 15.8. The van der Waals surface area contributed by atoms with E-state index in [1.165, 1.54) is 0 Å². The second kappa shape index (κ2) is 17.2. The van der Waals surface area contributed by atoms with Gasteiger partial charge in [-0.2, -0.15) is 0 Å². The van der Waals surface area contributed by atoms with Gasteiger partial charge in [-0.1, -0.05) is 91.0 Å². The van der Waals surface area contributed by atoms with Crippen molar-refractivity contribution in [2.75, 3.05) is 13.1 Å². The average Bonchev–Trinajstić information content (AvgIpc) is 4.11. The first-order valence-corrected chi connectivity index (χ1v) is 20.5. The first-order chi connectivity index (χ1) is 29.5. The molecule has 8 rings (SSSR count). The molecule has 4 atom stereocenters. The van der Waals surface area contributed by atoms with Gasteiger partial charge < -0.3 is 40.6 Å². The zero-order chi connectivity index (χ0) is 42.8. The first kappa shape index (κ1) is 40.6. The van der Waals surface area contributed by atoms with E-state index in [1.807, 2.05) is 18.3 Å². The van der Waals surface area contributed by atoms with Crippen molar-refractivity contribution >= 4 is 24.0 Å². The highest BCUT2D eigenvalue weighted by molar-refractivity contribution is 5.88. The van der Waals surface area contributed by atoms with E-state index in [-0.39, 0.29) is 23.9 Å². The number of aromatic amines is 2. The minimum Gasteiger partial charge on any atom is -0.465 e. The monoisotopic (exact) mass is 820 g/mol. The SMILES string of the molecule is Cc1cc(-c2ccc(-c3cnc(C4CCCN4C(=O)C(NC(=O)O)c4ccccc4)[nH]3)cc2)c(C)c(C)c1-c1cnc([C@@H]2CCCN2C(=O)[C@H](NC(=O)O)c2ccccc2)[nH]1. The van der Waals surface area contributed by atoms with Gasteiger partial charge in [-0.15, -0.1) is 0 Å². The molecule has 2 saturated heterocycles. The topological polar surface area (TPSA) is 197 Å². The summed E-state index contributed by atoms with van der Waals surface area (Å²) in [6, 6.07) is 25.6. The molecule has 4 amide bonds. The summed E-state index contributed by atoms with van der Waals surface area (Å²) < 4.78 is 0. The van der Waals surface area contributed by atoms with Gasteiger partial charge in [0.15, 0.2) is 0 Å². The zero-order valence-electron chi connectivity index (χ0n) is 34.2. The molecule has 61 heavy (non-hydrogen) atoms. The van der Waals surface area contributed by atoms with E-state index < -0.39 is 24.3 Å². The van der Waals surface area contributed by atoms with Gasteiger partial charge in [-0.3, -0.25) is 9.59 Å². The van der Waals surface area contributed by atoms with Crippen LogP contribution in [0.5, 0.6) is 0 Å².